The number of thiazole rings is 1. The summed E-state index contributed by atoms with van der Waals surface area (Å²) in [5.74, 6) is 0. The normalized spacial score (nSPS) is 12.2. The molecule has 0 aliphatic rings. The highest BCUT2D eigenvalue weighted by Gasteiger charge is 2.14. The fraction of sp³-hybridized carbons (Fsp3) is 0.286. The van der Waals surface area contributed by atoms with E-state index in [2.05, 4.69) is 33.2 Å². The van der Waals surface area contributed by atoms with E-state index in [1.807, 2.05) is 32.0 Å². The summed E-state index contributed by atoms with van der Waals surface area (Å²) >= 11 is 10.3. The number of halogens is 1. The summed E-state index contributed by atoms with van der Waals surface area (Å²) in [7, 11) is 0. The summed E-state index contributed by atoms with van der Waals surface area (Å²) in [5, 5.41) is 4.58. The molecule has 0 amide bonds. The molecule has 20 heavy (non-hydrogen) atoms. The lowest BCUT2D eigenvalue weighted by Gasteiger charge is -2.16. The average molecular weight is 370 g/mol. The van der Waals surface area contributed by atoms with Gasteiger partial charge in [0.05, 0.1) is 16.7 Å². The number of thiocarbonyl (C=S) groups is 1. The number of rotatable bonds is 4. The highest BCUT2D eigenvalue weighted by molar-refractivity contribution is 9.10. The van der Waals surface area contributed by atoms with Crippen LogP contribution >= 0.6 is 39.5 Å². The van der Waals surface area contributed by atoms with Gasteiger partial charge >= 0.3 is 0 Å². The Labute approximate surface area is 136 Å². The molecule has 1 unspecified atom stereocenters. The predicted molar refractivity (Wildman–Crippen MR) is 93.7 cm³/mol. The van der Waals surface area contributed by atoms with Crippen molar-refractivity contribution < 1.29 is 0 Å². The van der Waals surface area contributed by atoms with Crippen molar-refractivity contribution in [2.45, 2.75) is 26.8 Å². The van der Waals surface area contributed by atoms with E-state index in [9.17, 15) is 0 Å². The van der Waals surface area contributed by atoms with Gasteiger partial charge < -0.3 is 11.1 Å². The van der Waals surface area contributed by atoms with E-state index in [4.69, 9.17) is 18.0 Å². The van der Waals surface area contributed by atoms with E-state index in [0.29, 0.717) is 4.99 Å². The van der Waals surface area contributed by atoms with Crippen LogP contribution in [0.15, 0.2) is 22.7 Å². The van der Waals surface area contributed by atoms with E-state index < -0.39 is 0 Å². The average Bonchev–Trinajstić information content (AvgIpc) is 2.70. The molecular formula is C14H16BrN3S2. The van der Waals surface area contributed by atoms with Crippen LogP contribution in [0.4, 0.5) is 5.69 Å². The first-order valence-electron chi connectivity index (χ1n) is 6.18. The van der Waals surface area contributed by atoms with Crippen molar-refractivity contribution in [3.63, 3.8) is 0 Å². The molecule has 0 aliphatic heterocycles. The molecule has 0 radical (unpaired) electrons. The summed E-state index contributed by atoms with van der Waals surface area (Å²) in [6.45, 7) is 6.21. The fourth-order valence-electron chi connectivity index (χ4n) is 2.03. The van der Waals surface area contributed by atoms with Crippen molar-refractivity contribution in [3.8, 4) is 0 Å². The predicted octanol–water partition coefficient (Wildman–Crippen LogP) is 4.33. The number of nitrogens with zero attached hydrogens (tertiary/aromatic N) is 1. The van der Waals surface area contributed by atoms with Crippen LogP contribution in [0.25, 0.3) is 0 Å². The summed E-state index contributed by atoms with van der Waals surface area (Å²) in [6.07, 6.45) is 0. The van der Waals surface area contributed by atoms with E-state index in [1.165, 1.54) is 4.88 Å². The zero-order valence-electron chi connectivity index (χ0n) is 11.5. The summed E-state index contributed by atoms with van der Waals surface area (Å²) in [5.41, 5.74) is 8.59. The topological polar surface area (TPSA) is 50.9 Å². The van der Waals surface area contributed by atoms with Gasteiger partial charge in [-0.2, -0.15) is 0 Å². The minimum Gasteiger partial charge on any atom is -0.389 e. The van der Waals surface area contributed by atoms with Gasteiger partial charge in [-0.05, 0) is 54.9 Å². The molecule has 3 nitrogen and oxygen atoms in total. The molecule has 1 atom stereocenters. The zero-order valence-corrected chi connectivity index (χ0v) is 14.7. The summed E-state index contributed by atoms with van der Waals surface area (Å²) in [6, 6.07) is 6.04. The Bertz CT molecular complexity index is 652. The molecular weight excluding hydrogens is 354 g/mol. The molecule has 6 heteroatoms. The molecule has 0 spiro atoms. The lowest BCUT2D eigenvalue weighted by atomic mass is 10.2. The van der Waals surface area contributed by atoms with Gasteiger partial charge in [0.1, 0.15) is 4.99 Å². The van der Waals surface area contributed by atoms with Gasteiger partial charge in [-0.1, -0.05) is 12.2 Å². The maximum atomic E-state index is 5.63. The number of aromatic nitrogens is 1. The van der Waals surface area contributed by atoms with Gasteiger partial charge in [0.2, 0.25) is 0 Å². The molecule has 0 aliphatic carbocycles. The number of nitrogens with one attached hydrogen (secondary N) is 1. The molecule has 106 valence electrons. The zero-order chi connectivity index (χ0) is 14.9. The van der Waals surface area contributed by atoms with Crippen molar-refractivity contribution >= 4 is 50.2 Å². The molecule has 1 aromatic heterocycles. The lowest BCUT2D eigenvalue weighted by Crippen LogP contribution is -2.10. The van der Waals surface area contributed by atoms with Crippen molar-refractivity contribution in [2.24, 2.45) is 5.73 Å². The van der Waals surface area contributed by atoms with Crippen LogP contribution < -0.4 is 11.1 Å². The second-order valence-corrected chi connectivity index (χ2v) is 7.14. The van der Waals surface area contributed by atoms with Crippen LogP contribution in [-0.4, -0.2) is 9.97 Å². The van der Waals surface area contributed by atoms with E-state index >= 15 is 0 Å². The van der Waals surface area contributed by atoms with Gasteiger partial charge in [-0.15, -0.1) is 11.3 Å². The first-order chi connectivity index (χ1) is 9.38. The Kier molecular flexibility index (Phi) is 4.78. The first-order valence-corrected chi connectivity index (χ1v) is 8.20. The van der Waals surface area contributed by atoms with Crippen LogP contribution in [0.2, 0.25) is 0 Å². The van der Waals surface area contributed by atoms with E-state index in [0.717, 1.165) is 26.4 Å². The number of hydrogen-bond acceptors (Lipinski definition) is 4. The second kappa shape index (κ2) is 6.20. The monoisotopic (exact) mass is 369 g/mol. The van der Waals surface area contributed by atoms with Crippen molar-refractivity contribution in [1.82, 2.24) is 4.98 Å². The van der Waals surface area contributed by atoms with Gasteiger partial charge in [0.25, 0.3) is 0 Å². The summed E-state index contributed by atoms with van der Waals surface area (Å²) in [4.78, 5) is 6.13. The molecule has 3 N–H and O–H groups in total. The minimum atomic E-state index is 0.202. The van der Waals surface area contributed by atoms with Gasteiger partial charge in [-0.3, -0.25) is 0 Å². The van der Waals surface area contributed by atoms with E-state index in [-0.39, 0.29) is 6.04 Å². The number of hydrogen-bond donors (Lipinski definition) is 2. The molecule has 2 rings (SSSR count). The molecule has 0 saturated carbocycles. The summed E-state index contributed by atoms with van der Waals surface area (Å²) < 4.78 is 0.952. The highest BCUT2D eigenvalue weighted by atomic mass is 79.9. The molecule has 0 fully saturated rings. The fourth-order valence-corrected chi connectivity index (χ4v) is 3.58. The first kappa shape index (κ1) is 15.4. The molecule has 0 bridgehead atoms. The highest BCUT2D eigenvalue weighted by Crippen LogP contribution is 2.31. The van der Waals surface area contributed by atoms with Crippen LogP contribution in [-0.2, 0) is 0 Å². The molecule has 1 heterocycles. The van der Waals surface area contributed by atoms with Crippen LogP contribution in [0.1, 0.15) is 34.1 Å². The van der Waals surface area contributed by atoms with Crippen molar-refractivity contribution in [2.75, 3.05) is 5.32 Å². The molecule has 1 aromatic carbocycles. The Morgan fingerprint density at radius 3 is 2.65 bits per heavy atom. The number of anilines is 1. The van der Waals surface area contributed by atoms with Crippen LogP contribution in [0.5, 0.6) is 0 Å². The number of aryl methyl sites for hydroxylation is 2. The molecule has 0 saturated heterocycles. The maximum absolute atomic E-state index is 5.63. The van der Waals surface area contributed by atoms with Crippen LogP contribution in [0.3, 0.4) is 0 Å². The second-order valence-electron chi connectivity index (χ2n) is 4.61. The Morgan fingerprint density at radius 2 is 2.15 bits per heavy atom. The van der Waals surface area contributed by atoms with Gasteiger partial charge in [0, 0.05) is 20.6 Å². The Morgan fingerprint density at radius 1 is 1.45 bits per heavy atom. The number of benzene rings is 1. The largest absolute Gasteiger partial charge is 0.389 e. The third-order valence-electron chi connectivity index (χ3n) is 2.96. The quantitative estimate of drug-likeness (QED) is 0.787. The van der Waals surface area contributed by atoms with Gasteiger partial charge in [-0.25, -0.2) is 4.98 Å². The molecule has 2 aromatic rings. The minimum absolute atomic E-state index is 0.202. The van der Waals surface area contributed by atoms with Crippen LogP contribution in [0, 0.1) is 13.8 Å². The van der Waals surface area contributed by atoms with E-state index in [1.54, 1.807) is 11.3 Å². The van der Waals surface area contributed by atoms with Crippen molar-refractivity contribution in [3.05, 3.63) is 43.8 Å². The third kappa shape index (κ3) is 3.37. The van der Waals surface area contributed by atoms with Gasteiger partial charge in [0.15, 0.2) is 0 Å². The number of nitrogens with two attached hydrogens (primary N) is 1. The smallest absolute Gasteiger partial charge is 0.104 e. The maximum Gasteiger partial charge on any atom is 0.104 e. The Balaban J connectivity index is 2.22. The lowest BCUT2D eigenvalue weighted by molar-refractivity contribution is 0.888. The van der Waals surface area contributed by atoms with Crippen molar-refractivity contribution in [1.29, 1.82) is 0 Å². The SMILES string of the molecule is Cc1nc(C)c(C(C)Nc2ccc(C(N)=S)cc2Br)s1. The Hall–Kier alpha value is -0.980. The standard InChI is InChI=1S/C14H16BrN3S2/c1-7-13(20-9(3)17-7)8(2)18-12-5-4-10(14(16)19)6-11(12)15/h4-6,8,18H,1-3H3,(H2,16,19). The third-order valence-corrected chi connectivity index (χ3v) is 5.11.